The third kappa shape index (κ3) is 3.12. The quantitative estimate of drug-likeness (QED) is 0.579. The SMILES string of the molecule is Cc1cc(Br)ccc1C(Cl)c1ccc(Br)cc1. The van der Waals surface area contributed by atoms with Gasteiger partial charge in [-0.1, -0.05) is 50.1 Å². The number of benzene rings is 2. The maximum Gasteiger partial charge on any atom is 0.0838 e. The Bertz CT molecular complexity index is 520. The molecule has 1 unspecified atom stereocenters. The summed E-state index contributed by atoms with van der Waals surface area (Å²) in [5, 5.41) is -0.101. The summed E-state index contributed by atoms with van der Waals surface area (Å²) in [5.41, 5.74) is 3.46. The highest BCUT2D eigenvalue weighted by atomic mass is 79.9. The van der Waals surface area contributed by atoms with E-state index in [4.69, 9.17) is 11.6 Å². The number of aryl methyl sites for hydroxylation is 1. The molecule has 2 aromatic carbocycles. The maximum absolute atomic E-state index is 6.51. The van der Waals surface area contributed by atoms with Gasteiger partial charge in [0.2, 0.25) is 0 Å². The number of hydrogen-bond acceptors (Lipinski definition) is 0. The van der Waals surface area contributed by atoms with Crippen molar-refractivity contribution in [3.05, 3.63) is 68.1 Å². The van der Waals surface area contributed by atoms with E-state index >= 15 is 0 Å². The predicted octanol–water partition coefficient (Wildman–Crippen LogP) is 5.85. The van der Waals surface area contributed by atoms with Gasteiger partial charge in [0.15, 0.2) is 0 Å². The molecule has 0 saturated heterocycles. The van der Waals surface area contributed by atoms with Crippen LogP contribution in [0.3, 0.4) is 0 Å². The lowest BCUT2D eigenvalue weighted by molar-refractivity contribution is 1.11. The van der Waals surface area contributed by atoms with Crippen LogP contribution in [0.4, 0.5) is 0 Å². The fourth-order valence-electron chi connectivity index (χ4n) is 1.73. The van der Waals surface area contributed by atoms with Crippen LogP contribution < -0.4 is 0 Å². The van der Waals surface area contributed by atoms with Gasteiger partial charge in [-0.3, -0.25) is 0 Å². The van der Waals surface area contributed by atoms with Gasteiger partial charge >= 0.3 is 0 Å². The summed E-state index contributed by atoms with van der Waals surface area (Å²) in [7, 11) is 0. The van der Waals surface area contributed by atoms with Crippen molar-refractivity contribution in [3.63, 3.8) is 0 Å². The molecule has 0 aromatic heterocycles. The van der Waals surface area contributed by atoms with Crippen molar-refractivity contribution in [3.8, 4) is 0 Å². The Balaban J connectivity index is 2.36. The average Bonchev–Trinajstić information content (AvgIpc) is 2.29. The van der Waals surface area contributed by atoms with Gasteiger partial charge in [-0.05, 0) is 47.9 Å². The Labute approximate surface area is 123 Å². The van der Waals surface area contributed by atoms with Crippen LogP contribution in [0.1, 0.15) is 22.1 Å². The summed E-state index contributed by atoms with van der Waals surface area (Å²) in [6.45, 7) is 2.08. The first kappa shape index (κ1) is 13.1. The van der Waals surface area contributed by atoms with Gasteiger partial charge in [-0.15, -0.1) is 11.6 Å². The molecule has 88 valence electrons. The van der Waals surface area contributed by atoms with Gasteiger partial charge in [0.25, 0.3) is 0 Å². The largest absolute Gasteiger partial charge is 0.113 e. The van der Waals surface area contributed by atoms with Crippen LogP contribution in [0.15, 0.2) is 51.4 Å². The van der Waals surface area contributed by atoms with Gasteiger partial charge in [-0.25, -0.2) is 0 Å². The summed E-state index contributed by atoms with van der Waals surface area (Å²) < 4.78 is 2.15. The van der Waals surface area contributed by atoms with Crippen LogP contribution in [0.2, 0.25) is 0 Å². The molecule has 1 atom stereocenters. The lowest BCUT2D eigenvalue weighted by Gasteiger charge is -2.13. The Morgan fingerprint density at radius 2 is 1.53 bits per heavy atom. The number of halogens is 3. The molecule has 0 aliphatic rings. The number of rotatable bonds is 2. The minimum atomic E-state index is -0.101. The van der Waals surface area contributed by atoms with Gasteiger partial charge in [0, 0.05) is 8.95 Å². The third-order valence-corrected chi connectivity index (χ3v) is 4.18. The molecule has 0 aliphatic heterocycles. The van der Waals surface area contributed by atoms with E-state index in [-0.39, 0.29) is 5.38 Å². The van der Waals surface area contributed by atoms with E-state index < -0.39 is 0 Å². The second kappa shape index (κ2) is 5.55. The molecular weight excluding hydrogens is 363 g/mol. The van der Waals surface area contributed by atoms with Crippen LogP contribution in [-0.2, 0) is 0 Å². The van der Waals surface area contributed by atoms with Crippen molar-refractivity contribution >= 4 is 43.5 Å². The van der Waals surface area contributed by atoms with E-state index in [1.165, 1.54) is 5.56 Å². The minimum absolute atomic E-state index is 0.101. The van der Waals surface area contributed by atoms with E-state index in [0.29, 0.717) is 0 Å². The second-order valence-electron chi connectivity index (χ2n) is 3.92. The molecule has 2 aromatic rings. The second-order valence-corrected chi connectivity index (χ2v) is 6.18. The molecule has 0 fully saturated rings. The van der Waals surface area contributed by atoms with Gasteiger partial charge in [0.1, 0.15) is 0 Å². The third-order valence-electron chi connectivity index (χ3n) is 2.67. The van der Waals surface area contributed by atoms with E-state index in [0.717, 1.165) is 20.1 Å². The van der Waals surface area contributed by atoms with Gasteiger partial charge in [-0.2, -0.15) is 0 Å². The monoisotopic (exact) mass is 372 g/mol. The minimum Gasteiger partial charge on any atom is -0.113 e. The van der Waals surface area contributed by atoms with Crippen LogP contribution in [-0.4, -0.2) is 0 Å². The molecule has 0 amide bonds. The van der Waals surface area contributed by atoms with Crippen LogP contribution in [0.5, 0.6) is 0 Å². The summed E-state index contributed by atoms with van der Waals surface area (Å²) in [4.78, 5) is 0. The van der Waals surface area contributed by atoms with Crippen molar-refractivity contribution in [1.82, 2.24) is 0 Å². The first-order valence-corrected chi connectivity index (χ1v) is 7.26. The lowest BCUT2D eigenvalue weighted by atomic mass is 10.0. The zero-order chi connectivity index (χ0) is 12.4. The fourth-order valence-corrected chi connectivity index (χ4v) is 2.86. The number of hydrogen-bond donors (Lipinski definition) is 0. The Morgan fingerprint density at radius 1 is 0.941 bits per heavy atom. The predicted molar refractivity (Wildman–Crippen MR) is 80.7 cm³/mol. The van der Waals surface area contributed by atoms with Crippen molar-refractivity contribution < 1.29 is 0 Å². The lowest BCUT2D eigenvalue weighted by Crippen LogP contribution is -1.96. The van der Waals surface area contributed by atoms with Crippen molar-refractivity contribution in [2.75, 3.05) is 0 Å². The zero-order valence-electron chi connectivity index (χ0n) is 9.25. The van der Waals surface area contributed by atoms with Crippen LogP contribution in [0.25, 0.3) is 0 Å². The standard InChI is InChI=1S/C14H11Br2Cl/c1-9-8-12(16)6-7-13(9)14(17)10-2-4-11(15)5-3-10/h2-8,14H,1H3. The summed E-state index contributed by atoms with van der Waals surface area (Å²) in [6.07, 6.45) is 0. The average molecular weight is 375 g/mol. The van der Waals surface area contributed by atoms with Gasteiger partial charge < -0.3 is 0 Å². The molecule has 0 N–H and O–H groups in total. The molecule has 0 aliphatic carbocycles. The Hall–Kier alpha value is -0.310. The first-order chi connectivity index (χ1) is 8.08. The Kier molecular flexibility index (Phi) is 4.29. The first-order valence-electron chi connectivity index (χ1n) is 5.23. The molecular formula is C14H11Br2Cl. The van der Waals surface area contributed by atoms with E-state index in [2.05, 4.69) is 50.9 Å². The highest BCUT2D eigenvalue weighted by molar-refractivity contribution is 9.10. The summed E-state index contributed by atoms with van der Waals surface area (Å²) in [5.74, 6) is 0. The normalized spacial score (nSPS) is 12.5. The molecule has 3 heteroatoms. The number of alkyl halides is 1. The van der Waals surface area contributed by atoms with E-state index in [1.807, 2.05) is 30.3 Å². The van der Waals surface area contributed by atoms with Crippen molar-refractivity contribution in [2.45, 2.75) is 12.3 Å². The highest BCUT2D eigenvalue weighted by Crippen LogP contribution is 2.32. The molecule has 0 spiro atoms. The van der Waals surface area contributed by atoms with Crippen molar-refractivity contribution in [2.24, 2.45) is 0 Å². The molecule has 0 radical (unpaired) electrons. The summed E-state index contributed by atoms with van der Waals surface area (Å²) in [6, 6.07) is 14.3. The maximum atomic E-state index is 6.51. The van der Waals surface area contributed by atoms with E-state index in [9.17, 15) is 0 Å². The van der Waals surface area contributed by atoms with Crippen LogP contribution in [0, 0.1) is 6.92 Å². The molecule has 0 saturated carbocycles. The highest BCUT2D eigenvalue weighted by Gasteiger charge is 2.12. The van der Waals surface area contributed by atoms with E-state index in [1.54, 1.807) is 0 Å². The van der Waals surface area contributed by atoms with Gasteiger partial charge in [0.05, 0.1) is 5.38 Å². The molecule has 0 bridgehead atoms. The summed E-state index contributed by atoms with van der Waals surface area (Å²) >= 11 is 13.4. The van der Waals surface area contributed by atoms with Crippen LogP contribution >= 0.6 is 43.5 Å². The fraction of sp³-hybridized carbons (Fsp3) is 0.143. The van der Waals surface area contributed by atoms with Crippen molar-refractivity contribution in [1.29, 1.82) is 0 Å². The smallest absolute Gasteiger partial charge is 0.0838 e. The molecule has 17 heavy (non-hydrogen) atoms. The molecule has 0 nitrogen and oxygen atoms in total. The molecule has 0 heterocycles. The Morgan fingerprint density at radius 3 is 2.12 bits per heavy atom. The topological polar surface area (TPSA) is 0 Å². The molecule has 2 rings (SSSR count). The zero-order valence-corrected chi connectivity index (χ0v) is 13.2.